The van der Waals surface area contributed by atoms with Crippen LogP contribution in [0.25, 0.3) is 0 Å². The Kier molecular flexibility index (Phi) is 5.96. The van der Waals surface area contributed by atoms with Crippen molar-refractivity contribution in [3.63, 3.8) is 0 Å². The fourth-order valence-corrected chi connectivity index (χ4v) is 4.51. The van der Waals surface area contributed by atoms with Crippen LogP contribution in [0, 0.1) is 5.92 Å². The summed E-state index contributed by atoms with van der Waals surface area (Å²) in [5.41, 5.74) is 0.194. The number of likely N-dealkylation sites (tertiary alicyclic amines) is 2. The molecule has 0 saturated carbocycles. The predicted molar refractivity (Wildman–Crippen MR) is 93.1 cm³/mol. The molecule has 24 heavy (non-hydrogen) atoms. The van der Waals surface area contributed by atoms with Gasteiger partial charge in [0.1, 0.15) is 0 Å². The number of alkyl halides is 3. The lowest BCUT2D eigenvalue weighted by molar-refractivity contribution is -0.187. The van der Waals surface area contributed by atoms with Crippen molar-refractivity contribution in [3.8, 4) is 0 Å². The fraction of sp³-hybridized carbons (Fsp3) is 1.00. The summed E-state index contributed by atoms with van der Waals surface area (Å²) in [7, 11) is 0. The predicted octanol–water partition coefficient (Wildman–Crippen LogP) is 5.08. The van der Waals surface area contributed by atoms with Gasteiger partial charge in [0.2, 0.25) is 0 Å². The molecule has 2 nitrogen and oxygen atoms in total. The van der Waals surface area contributed by atoms with Crippen LogP contribution in [0.2, 0.25) is 0 Å². The van der Waals surface area contributed by atoms with E-state index in [-0.39, 0.29) is 23.9 Å². The first-order valence-corrected chi connectivity index (χ1v) is 9.50. The molecular formula is C19H35F3N2. The van der Waals surface area contributed by atoms with Gasteiger partial charge in [-0.05, 0) is 92.8 Å². The van der Waals surface area contributed by atoms with Gasteiger partial charge < -0.3 is 0 Å². The number of hydrogen-bond acceptors (Lipinski definition) is 2. The van der Waals surface area contributed by atoms with Crippen LogP contribution in [0.4, 0.5) is 13.2 Å². The minimum absolute atomic E-state index is 0.0112. The highest BCUT2D eigenvalue weighted by molar-refractivity contribution is 4.92. The topological polar surface area (TPSA) is 6.48 Å². The van der Waals surface area contributed by atoms with Crippen molar-refractivity contribution >= 4 is 0 Å². The number of nitrogens with zero attached hydrogens (tertiary/aromatic N) is 2. The summed E-state index contributed by atoms with van der Waals surface area (Å²) in [5.74, 6) is -1.10. The molecule has 2 aliphatic rings. The molecule has 2 heterocycles. The van der Waals surface area contributed by atoms with E-state index in [1.54, 1.807) is 0 Å². The van der Waals surface area contributed by atoms with Gasteiger partial charge in [0.25, 0.3) is 0 Å². The van der Waals surface area contributed by atoms with E-state index >= 15 is 0 Å². The van der Waals surface area contributed by atoms with E-state index in [0.717, 1.165) is 12.8 Å². The zero-order valence-electron chi connectivity index (χ0n) is 16.0. The highest BCUT2D eigenvalue weighted by Crippen LogP contribution is 2.37. The molecule has 0 aromatic carbocycles. The molecule has 142 valence electrons. The molecular weight excluding hydrogens is 313 g/mol. The van der Waals surface area contributed by atoms with Crippen LogP contribution in [0.15, 0.2) is 0 Å². The van der Waals surface area contributed by atoms with Gasteiger partial charge in [-0.2, -0.15) is 13.2 Å². The lowest BCUT2D eigenvalue weighted by Crippen LogP contribution is -2.51. The largest absolute Gasteiger partial charge is 0.391 e. The molecule has 0 N–H and O–H groups in total. The standard InChI is InChI=1S/C19H35F3N2/c1-17(2,3)24-12-6-7-16(24)8-11-18(4,5)23-13-9-15(10-14-23)19(20,21)22/h15-16H,6-14H2,1-5H3/t16-/m1/s1. The number of halogens is 3. The molecule has 2 fully saturated rings. The second-order valence-corrected chi connectivity index (χ2v) is 9.31. The van der Waals surface area contributed by atoms with E-state index in [2.05, 4.69) is 44.4 Å². The Bertz CT molecular complexity index is 404. The molecule has 0 aromatic rings. The summed E-state index contributed by atoms with van der Waals surface area (Å²) in [4.78, 5) is 4.89. The van der Waals surface area contributed by atoms with Crippen molar-refractivity contribution in [1.29, 1.82) is 0 Å². The van der Waals surface area contributed by atoms with Gasteiger partial charge in [0.05, 0.1) is 5.92 Å². The van der Waals surface area contributed by atoms with Gasteiger partial charge in [-0.1, -0.05) is 0 Å². The zero-order chi connectivity index (χ0) is 18.2. The molecule has 0 bridgehead atoms. The normalized spacial score (nSPS) is 26.2. The average Bonchev–Trinajstić information content (AvgIpc) is 2.93. The first kappa shape index (κ1) is 20.0. The van der Waals surface area contributed by atoms with Crippen LogP contribution in [0.5, 0.6) is 0 Å². The van der Waals surface area contributed by atoms with Crippen molar-refractivity contribution in [2.45, 2.75) is 96.4 Å². The van der Waals surface area contributed by atoms with E-state index in [4.69, 9.17) is 0 Å². The summed E-state index contributed by atoms with van der Waals surface area (Å²) in [6, 6.07) is 0.622. The third-order valence-electron chi connectivity index (χ3n) is 6.14. The quantitative estimate of drug-likeness (QED) is 0.699. The summed E-state index contributed by atoms with van der Waals surface area (Å²) in [6.45, 7) is 13.6. The highest BCUT2D eigenvalue weighted by Gasteiger charge is 2.43. The Labute approximate surface area is 145 Å². The van der Waals surface area contributed by atoms with Gasteiger partial charge in [-0.3, -0.25) is 9.80 Å². The Hall–Kier alpha value is -0.290. The lowest BCUT2D eigenvalue weighted by atomic mass is 9.87. The maximum Gasteiger partial charge on any atom is 0.391 e. The van der Waals surface area contributed by atoms with Crippen molar-refractivity contribution < 1.29 is 13.2 Å². The zero-order valence-corrected chi connectivity index (χ0v) is 16.0. The Morgan fingerprint density at radius 1 is 0.875 bits per heavy atom. The summed E-state index contributed by atoms with van der Waals surface area (Å²) in [5, 5.41) is 0. The van der Waals surface area contributed by atoms with E-state index in [1.165, 1.54) is 19.4 Å². The van der Waals surface area contributed by atoms with E-state index < -0.39 is 12.1 Å². The van der Waals surface area contributed by atoms with Gasteiger partial charge >= 0.3 is 6.18 Å². The number of rotatable bonds is 4. The summed E-state index contributed by atoms with van der Waals surface area (Å²) in [6.07, 6.45) is 1.20. The molecule has 2 aliphatic heterocycles. The second-order valence-electron chi connectivity index (χ2n) is 9.31. The molecule has 0 unspecified atom stereocenters. The van der Waals surface area contributed by atoms with Gasteiger partial charge in [-0.25, -0.2) is 0 Å². The number of hydrogen-bond donors (Lipinski definition) is 0. The molecule has 2 saturated heterocycles. The van der Waals surface area contributed by atoms with Crippen molar-refractivity contribution in [2.24, 2.45) is 5.92 Å². The molecule has 5 heteroatoms. The summed E-state index contributed by atoms with van der Waals surface area (Å²) < 4.78 is 38.5. The van der Waals surface area contributed by atoms with E-state index in [1.807, 2.05) is 0 Å². The molecule has 1 atom stereocenters. The fourth-order valence-electron chi connectivity index (χ4n) is 4.51. The van der Waals surface area contributed by atoms with Crippen molar-refractivity contribution in [1.82, 2.24) is 9.80 Å². The minimum atomic E-state index is -4.02. The van der Waals surface area contributed by atoms with Crippen LogP contribution in [-0.4, -0.2) is 52.7 Å². The van der Waals surface area contributed by atoms with Gasteiger partial charge in [0, 0.05) is 17.1 Å². The Morgan fingerprint density at radius 3 is 1.96 bits per heavy atom. The highest BCUT2D eigenvalue weighted by atomic mass is 19.4. The van der Waals surface area contributed by atoms with Crippen LogP contribution < -0.4 is 0 Å². The average molecular weight is 348 g/mol. The molecule has 0 aromatic heterocycles. The molecule has 0 aliphatic carbocycles. The SMILES string of the molecule is CC(C)(C)N1CCC[C@@H]1CCC(C)(C)N1CCC(C(F)(F)F)CC1. The monoisotopic (exact) mass is 348 g/mol. The maximum absolute atomic E-state index is 12.8. The molecule has 0 radical (unpaired) electrons. The lowest BCUT2D eigenvalue weighted by Gasteiger charge is -2.45. The minimum Gasteiger partial charge on any atom is -0.298 e. The molecule has 0 amide bonds. The third kappa shape index (κ3) is 4.87. The van der Waals surface area contributed by atoms with Gasteiger partial charge in [-0.15, -0.1) is 0 Å². The van der Waals surface area contributed by atoms with Crippen LogP contribution in [-0.2, 0) is 0 Å². The first-order chi connectivity index (χ1) is 10.9. The summed E-state index contributed by atoms with van der Waals surface area (Å²) >= 11 is 0. The van der Waals surface area contributed by atoms with Crippen LogP contribution in [0.1, 0.15) is 73.1 Å². The second kappa shape index (κ2) is 7.14. The van der Waals surface area contributed by atoms with Crippen LogP contribution in [0.3, 0.4) is 0 Å². The van der Waals surface area contributed by atoms with Crippen molar-refractivity contribution in [3.05, 3.63) is 0 Å². The van der Waals surface area contributed by atoms with Crippen molar-refractivity contribution in [2.75, 3.05) is 19.6 Å². The molecule has 0 spiro atoms. The smallest absolute Gasteiger partial charge is 0.298 e. The van der Waals surface area contributed by atoms with Gasteiger partial charge in [0.15, 0.2) is 0 Å². The van der Waals surface area contributed by atoms with E-state index in [0.29, 0.717) is 19.1 Å². The third-order valence-corrected chi connectivity index (χ3v) is 6.14. The van der Waals surface area contributed by atoms with Crippen LogP contribution >= 0.6 is 0 Å². The Morgan fingerprint density at radius 2 is 1.46 bits per heavy atom. The first-order valence-electron chi connectivity index (χ1n) is 9.50. The number of piperidine rings is 1. The maximum atomic E-state index is 12.8. The Balaban J connectivity index is 1.86. The molecule has 2 rings (SSSR count). The van der Waals surface area contributed by atoms with E-state index in [9.17, 15) is 13.2 Å².